The maximum atomic E-state index is 11.7. The van der Waals surface area contributed by atoms with Crippen LogP contribution in [0.25, 0.3) is 17.1 Å². The topological polar surface area (TPSA) is 69.0 Å². The Bertz CT molecular complexity index is 978. The van der Waals surface area contributed by atoms with Gasteiger partial charge in [-0.05, 0) is 30.3 Å². The zero-order chi connectivity index (χ0) is 19.4. The number of hydrogen-bond donors (Lipinski definition) is 1. The smallest absolute Gasteiger partial charge is 0.230 e. The van der Waals surface area contributed by atoms with Gasteiger partial charge in [-0.25, -0.2) is 0 Å². The number of methoxy groups -OCH3 is 1. The third-order valence-electron chi connectivity index (χ3n) is 3.71. The highest BCUT2D eigenvalue weighted by Crippen LogP contribution is 2.34. The van der Waals surface area contributed by atoms with Crippen LogP contribution < -0.4 is 10.1 Å². The molecule has 1 amide bonds. The highest BCUT2D eigenvalue weighted by molar-refractivity contribution is 7.99. The van der Waals surface area contributed by atoms with Crippen molar-refractivity contribution in [1.29, 1.82) is 0 Å². The van der Waals surface area contributed by atoms with Crippen LogP contribution in [0.5, 0.6) is 5.75 Å². The Hall–Kier alpha value is -2.22. The molecule has 1 N–H and O–H groups in total. The lowest BCUT2D eigenvalue weighted by Gasteiger charge is -2.14. The van der Waals surface area contributed by atoms with Gasteiger partial charge < -0.3 is 10.1 Å². The molecule has 6 nitrogen and oxygen atoms in total. The Morgan fingerprint density at radius 1 is 1.19 bits per heavy atom. The summed E-state index contributed by atoms with van der Waals surface area (Å²) in [5.41, 5.74) is 1.45. The summed E-state index contributed by atoms with van der Waals surface area (Å²) < 4.78 is 7.30. The molecular formula is C18H16Cl2N4O2S. The Balaban J connectivity index is 2.17. The van der Waals surface area contributed by atoms with Gasteiger partial charge in [0.05, 0.1) is 18.6 Å². The van der Waals surface area contributed by atoms with Crippen LogP contribution in [-0.2, 0) is 4.79 Å². The van der Waals surface area contributed by atoms with E-state index in [1.54, 1.807) is 44.5 Å². The molecule has 0 aliphatic rings. The summed E-state index contributed by atoms with van der Waals surface area (Å²) in [7, 11) is 3.17. The SMILES string of the molecule is CNC(=O)CSc1nnc(-c2cccc(Cl)c2)n1-c1cc(Cl)ccc1OC. The van der Waals surface area contributed by atoms with Crippen LogP contribution >= 0.6 is 35.0 Å². The minimum absolute atomic E-state index is 0.114. The largest absolute Gasteiger partial charge is 0.495 e. The Labute approximate surface area is 170 Å². The van der Waals surface area contributed by atoms with Crippen molar-refractivity contribution in [2.24, 2.45) is 0 Å². The van der Waals surface area contributed by atoms with Gasteiger partial charge in [-0.3, -0.25) is 9.36 Å². The second-order valence-corrected chi connectivity index (χ2v) is 7.25. The van der Waals surface area contributed by atoms with E-state index in [-0.39, 0.29) is 11.7 Å². The average molecular weight is 423 g/mol. The first-order valence-electron chi connectivity index (χ1n) is 7.92. The number of nitrogens with one attached hydrogen (secondary N) is 1. The van der Waals surface area contributed by atoms with Gasteiger partial charge in [0.15, 0.2) is 11.0 Å². The maximum Gasteiger partial charge on any atom is 0.230 e. The zero-order valence-corrected chi connectivity index (χ0v) is 16.9. The molecule has 0 aliphatic carbocycles. The zero-order valence-electron chi connectivity index (χ0n) is 14.6. The number of aromatic nitrogens is 3. The number of hydrogen-bond acceptors (Lipinski definition) is 5. The van der Waals surface area contributed by atoms with Crippen LogP contribution in [0.2, 0.25) is 10.0 Å². The molecule has 2 aromatic carbocycles. The molecule has 0 radical (unpaired) electrons. The fourth-order valence-corrected chi connectivity index (χ4v) is 3.61. The molecule has 0 saturated heterocycles. The van der Waals surface area contributed by atoms with E-state index in [0.717, 1.165) is 5.56 Å². The third kappa shape index (κ3) is 4.37. The Morgan fingerprint density at radius 3 is 2.67 bits per heavy atom. The average Bonchev–Trinajstić information content (AvgIpc) is 3.09. The number of amides is 1. The van der Waals surface area contributed by atoms with E-state index < -0.39 is 0 Å². The highest BCUT2D eigenvalue weighted by atomic mass is 35.5. The molecule has 3 rings (SSSR count). The van der Waals surface area contributed by atoms with E-state index in [9.17, 15) is 4.79 Å². The van der Waals surface area contributed by atoms with Gasteiger partial charge in [0.25, 0.3) is 0 Å². The van der Waals surface area contributed by atoms with Crippen molar-refractivity contribution in [3.8, 4) is 22.8 Å². The standard InChI is InChI=1S/C18H16Cl2N4O2S/c1-21-16(25)10-27-18-23-22-17(11-4-3-5-12(19)8-11)24(18)14-9-13(20)6-7-15(14)26-2/h3-9H,10H2,1-2H3,(H,21,25). The summed E-state index contributed by atoms with van der Waals surface area (Å²) in [5.74, 6) is 1.26. The predicted octanol–water partition coefficient (Wildman–Crippen LogP) is 4.09. The number of halogens is 2. The monoisotopic (exact) mass is 422 g/mol. The third-order valence-corrected chi connectivity index (χ3v) is 5.11. The van der Waals surface area contributed by atoms with Crippen molar-refractivity contribution < 1.29 is 9.53 Å². The lowest BCUT2D eigenvalue weighted by atomic mass is 10.2. The van der Waals surface area contributed by atoms with E-state index in [4.69, 9.17) is 27.9 Å². The molecule has 0 fully saturated rings. The molecular weight excluding hydrogens is 407 g/mol. The van der Waals surface area contributed by atoms with Gasteiger partial charge in [0.1, 0.15) is 5.75 Å². The quantitative estimate of drug-likeness (QED) is 0.605. The van der Waals surface area contributed by atoms with E-state index in [2.05, 4.69) is 15.5 Å². The van der Waals surface area contributed by atoms with Crippen molar-refractivity contribution in [2.45, 2.75) is 5.16 Å². The Morgan fingerprint density at radius 2 is 1.96 bits per heavy atom. The number of benzene rings is 2. The number of carbonyl (C=O) groups excluding carboxylic acids is 1. The molecule has 140 valence electrons. The molecule has 3 aromatic rings. The molecule has 0 atom stereocenters. The second-order valence-electron chi connectivity index (χ2n) is 5.43. The van der Waals surface area contributed by atoms with E-state index in [1.807, 2.05) is 16.7 Å². The fourth-order valence-electron chi connectivity index (χ4n) is 2.44. The number of nitrogens with zero attached hydrogens (tertiary/aromatic N) is 3. The van der Waals surface area contributed by atoms with Gasteiger partial charge in [-0.1, -0.05) is 47.1 Å². The van der Waals surface area contributed by atoms with E-state index in [1.165, 1.54) is 11.8 Å². The minimum atomic E-state index is -0.114. The molecule has 0 unspecified atom stereocenters. The first-order chi connectivity index (χ1) is 13.0. The van der Waals surface area contributed by atoms with Crippen LogP contribution in [-0.4, -0.2) is 40.6 Å². The van der Waals surface area contributed by atoms with Crippen LogP contribution in [0.1, 0.15) is 0 Å². The van der Waals surface area contributed by atoms with Gasteiger partial charge in [-0.2, -0.15) is 0 Å². The van der Waals surface area contributed by atoms with Crippen molar-refractivity contribution in [3.63, 3.8) is 0 Å². The van der Waals surface area contributed by atoms with Crippen molar-refractivity contribution in [2.75, 3.05) is 19.9 Å². The van der Waals surface area contributed by atoms with Crippen LogP contribution in [0.4, 0.5) is 0 Å². The first kappa shape index (κ1) is 19.5. The summed E-state index contributed by atoms with van der Waals surface area (Å²) in [4.78, 5) is 11.7. The lowest BCUT2D eigenvalue weighted by Crippen LogP contribution is -2.20. The second kappa shape index (κ2) is 8.65. The van der Waals surface area contributed by atoms with Crippen LogP contribution in [0.3, 0.4) is 0 Å². The van der Waals surface area contributed by atoms with Gasteiger partial charge >= 0.3 is 0 Å². The molecule has 1 aromatic heterocycles. The fraction of sp³-hybridized carbons (Fsp3) is 0.167. The lowest BCUT2D eigenvalue weighted by molar-refractivity contribution is -0.118. The molecule has 0 spiro atoms. The van der Waals surface area contributed by atoms with Crippen molar-refractivity contribution >= 4 is 40.9 Å². The minimum Gasteiger partial charge on any atom is -0.495 e. The van der Waals surface area contributed by atoms with Crippen LogP contribution in [0, 0.1) is 0 Å². The number of rotatable bonds is 6. The maximum absolute atomic E-state index is 11.7. The normalized spacial score (nSPS) is 10.7. The molecule has 0 aliphatic heterocycles. The number of thioether (sulfide) groups is 1. The highest BCUT2D eigenvalue weighted by Gasteiger charge is 2.20. The number of ether oxygens (including phenoxy) is 1. The summed E-state index contributed by atoms with van der Waals surface area (Å²) in [5, 5.41) is 12.8. The van der Waals surface area contributed by atoms with E-state index in [0.29, 0.717) is 32.5 Å². The molecule has 0 bridgehead atoms. The summed E-state index contributed by atoms with van der Waals surface area (Å²) in [6.45, 7) is 0. The number of carbonyl (C=O) groups is 1. The van der Waals surface area contributed by atoms with Crippen molar-refractivity contribution in [3.05, 3.63) is 52.5 Å². The van der Waals surface area contributed by atoms with Gasteiger partial charge in [-0.15, -0.1) is 10.2 Å². The molecule has 27 heavy (non-hydrogen) atoms. The van der Waals surface area contributed by atoms with Gasteiger partial charge in [0, 0.05) is 22.7 Å². The summed E-state index contributed by atoms with van der Waals surface area (Å²) in [6.07, 6.45) is 0. The predicted molar refractivity (Wildman–Crippen MR) is 108 cm³/mol. The van der Waals surface area contributed by atoms with E-state index >= 15 is 0 Å². The molecule has 9 heteroatoms. The van der Waals surface area contributed by atoms with Crippen molar-refractivity contribution in [1.82, 2.24) is 20.1 Å². The first-order valence-corrected chi connectivity index (χ1v) is 9.66. The summed E-state index contributed by atoms with van der Waals surface area (Å²) in [6, 6.07) is 12.6. The summed E-state index contributed by atoms with van der Waals surface area (Å²) >= 11 is 13.6. The molecule has 1 heterocycles. The molecule has 0 saturated carbocycles. The van der Waals surface area contributed by atoms with Gasteiger partial charge in [0.2, 0.25) is 5.91 Å². The van der Waals surface area contributed by atoms with Crippen LogP contribution in [0.15, 0.2) is 47.6 Å². The Kier molecular flexibility index (Phi) is 6.26.